The average molecular weight is 330 g/mol. The van der Waals surface area contributed by atoms with E-state index in [1.54, 1.807) is 0 Å². The zero-order valence-electron chi connectivity index (χ0n) is 13.5. The lowest BCUT2D eigenvalue weighted by atomic mass is 10.0. The second kappa shape index (κ2) is 9.47. The summed E-state index contributed by atoms with van der Waals surface area (Å²) in [6.07, 6.45) is 11.1. The summed E-state index contributed by atoms with van der Waals surface area (Å²) in [4.78, 5) is 0. The molecule has 0 radical (unpaired) electrons. The summed E-state index contributed by atoms with van der Waals surface area (Å²) in [6, 6.07) is 8.07. The van der Waals surface area contributed by atoms with E-state index in [9.17, 15) is 8.78 Å². The van der Waals surface area contributed by atoms with E-state index >= 15 is 0 Å². The van der Waals surface area contributed by atoms with E-state index in [0.717, 1.165) is 18.6 Å². The molecule has 2 rings (SSSR count). The maximum atomic E-state index is 13.1. The van der Waals surface area contributed by atoms with Gasteiger partial charge in [0.25, 0.3) is 0 Å². The highest BCUT2D eigenvalue weighted by molar-refractivity contribution is 6.58. The minimum absolute atomic E-state index is 0.492. The largest absolute Gasteiger partial charge is 0.204 e. The number of hydrogen-bond donors (Lipinski definition) is 0. The Morgan fingerprint density at radius 1 is 1.22 bits per heavy atom. The summed E-state index contributed by atoms with van der Waals surface area (Å²) in [5.41, 5.74) is 0.506. The molecule has 1 saturated heterocycles. The van der Waals surface area contributed by atoms with Gasteiger partial charge in [0.15, 0.2) is 11.6 Å². The van der Waals surface area contributed by atoms with Crippen LogP contribution in [0.3, 0.4) is 0 Å². The number of halogens is 2. The average Bonchev–Trinajstić information content (AvgIpc) is 2.56. The van der Waals surface area contributed by atoms with Crippen LogP contribution in [0.15, 0.2) is 43.0 Å². The molecule has 0 amide bonds. The Labute approximate surface area is 139 Å². The fourth-order valence-corrected chi connectivity index (χ4v) is 6.58. The molecular weight excluding hydrogens is 306 g/mol. The van der Waals surface area contributed by atoms with Crippen molar-refractivity contribution in [3.05, 3.63) is 60.2 Å². The minimum Gasteiger partial charge on any atom is -0.204 e. The standard InChI is InChI=1S/C20H24F2Si/c1-2-3-6-13-23-14-11-17(12-15-23)7-4-5-8-18-9-10-19(21)20(22)16-18/h2,4,7,9-10,16-17,23H,1,3,6,11-15H2/b7-4+/t17-,23-. The molecule has 23 heavy (non-hydrogen) atoms. The van der Waals surface area contributed by atoms with E-state index < -0.39 is 20.4 Å². The van der Waals surface area contributed by atoms with Gasteiger partial charge in [-0.1, -0.05) is 48.5 Å². The molecule has 1 heterocycles. The van der Waals surface area contributed by atoms with E-state index in [1.165, 1.54) is 43.5 Å². The maximum Gasteiger partial charge on any atom is 0.160 e. The topological polar surface area (TPSA) is 0 Å². The van der Waals surface area contributed by atoms with Gasteiger partial charge in [0, 0.05) is 14.4 Å². The molecule has 0 aromatic heterocycles. The molecule has 1 aliphatic heterocycles. The SMILES string of the molecule is C=CCCC[Si@H]1CC[C@H](/C=C/C#Cc2ccc(F)c(F)c2)CC1. The smallest absolute Gasteiger partial charge is 0.160 e. The van der Waals surface area contributed by atoms with Crippen LogP contribution in [-0.4, -0.2) is 8.80 Å². The van der Waals surface area contributed by atoms with Crippen molar-refractivity contribution >= 4 is 8.80 Å². The molecule has 0 saturated carbocycles. The molecule has 3 heteroatoms. The van der Waals surface area contributed by atoms with E-state index in [4.69, 9.17) is 0 Å². The summed E-state index contributed by atoms with van der Waals surface area (Å²) >= 11 is 0. The van der Waals surface area contributed by atoms with Crippen molar-refractivity contribution in [3.8, 4) is 11.8 Å². The monoisotopic (exact) mass is 330 g/mol. The van der Waals surface area contributed by atoms with Crippen LogP contribution in [0, 0.1) is 29.4 Å². The van der Waals surface area contributed by atoms with Gasteiger partial charge >= 0.3 is 0 Å². The van der Waals surface area contributed by atoms with Crippen molar-refractivity contribution in [2.45, 2.75) is 43.8 Å². The molecule has 1 aromatic rings. The Bertz CT molecular complexity index is 602. The molecule has 1 aromatic carbocycles. The summed E-state index contributed by atoms with van der Waals surface area (Å²) in [5, 5.41) is 0. The Morgan fingerprint density at radius 2 is 2.00 bits per heavy atom. The molecule has 0 unspecified atom stereocenters. The van der Waals surface area contributed by atoms with Crippen molar-refractivity contribution in [2.24, 2.45) is 5.92 Å². The molecule has 1 aliphatic rings. The van der Waals surface area contributed by atoms with Gasteiger partial charge in [0.1, 0.15) is 0 Å². The van der Waals surface area contributed by atoms with E-state index in [2.05, 4.69) is 24.5 Å². The second-order valence-corrected chi connectivity index (χ2v) is 9.72. The van der Waals surface area contributed by atoms with E-state index in [0.29, 0.717) is 11.5 Å². The second-order valence-electron chi connectivity index (χ2n) is 6.26. The third kappa shape index (κ3) is 6.15. The van der Waals surface area contributed by atoms with Crippen molar-refractivity contribution in [1.82, 2.24) is 0 Å². The summed E-state index contributed by atoms with van der Waals surface area (Å²) in [5.74, 6) is 4.74. The highest BCUT2D eigenvalue weighted by Gasteiger charge is 2.19. The first-order valence-corrected chi connectivity index (χ1v) is 10.9. The van der Waals surface area contributed by atoms with Crippen molar-refractivity contribution in [2.75, 3.05) is 0 Å². The van der Waals surface area contributed by atoms with E-state index in [-0.39, 0.29) is 0 Å². The van der Waals surface area contributed by atoms with Gasteiger partial charge in [-0.25, -0.2) is 8.78 Å². The van der Waals surface area contributed by atoms with Crippen LogP contribution in [0.25, 0.3) is 0 Å². The van der Waals surface area contributed by atoms with E-state index in [1.807, 2.05) is 12.2 Å². The molecule has 0 spiro atoms. The first-order chi connectivity index (χ1) is 11.2. The third-order valence-electron chi connectivity index (χ3n) is 4.50. The van der Waals surface area contributed by atoms with Gasteiger partial charge in [-0.3, -0.25) is 0 Å². The lowest BCUT2D eigenvalue weighted by molar-refractivity contribution is 0.508. The van der Waals surface area contributed by atoms with Crippen LogP contribution in [0.4, 0.5) is 8.78 Å². The van der Waals surface area contributed by atoms with Gasteiger partial charge in [-0.05, 0) is 49.5 Å². The molecule has 0 aliphatic carbocycles. The highest BCUT2D eigenvalue weighted by Crippen LogP contribution is 2.28. The normalized spacial score (nSPS) is 21.0. The molecule has 1 fully saturated rings. The van der Waals surface area contributed by atoms with Crippen molar-refractivity contribution in [1.29, 1.82) is 0 Å². The molecule has 0 N–H and O–H groups in total. The number of rotatable bonds is 5. The lowest BCUT2D eigenvalue weighted by Crippen LogP contribution is -2.20. The summed E-state index contributed by atoms with van der Waals surface area (Å²) < 4.78 is 25.9. The van der Waals surface area contributed by atoms with Crippen LogP contribution in [0.5, 0.6) is 0 Å². The number of unbranched alkanes of at least 4 members (excludes halogenated alkanes) is 1. The number of hydrogen-bond acceptors (Lipinski definition) is 0. The first-order valence-electron chi connectivity index (χ1n) is 8.43. The molecular formula is C20H24F2Si. The van der Waals surface area contributed by atoms with Crippen molar-refractivity contribution < 1.29 is 8.78 Å². The highest BCUT2D eigenvalue weighted by atomic mass is 28.3. The molecule has 0 bridgehead atoms. The van der Waals surface area contributed by atoms with Gasteiger partial charge in [0.05, 0.1) is 0 Å². The first kappa shape index (κ1) is 17.7. The van der Waals surface area contributed by atoms with Crippen LogP contribution in [-0.2, 0) is 0 Å². The summed E-state index contributed by atoms with van der Waals surface area (Å²) in [7, 11) is -0.492. The van der Waals surface area contributed by atoms with Gasteiger partial charge in [-0.15, -0.1) is 6.58 Å². The molecule has 122 valence electrons. The van der Waals surface area contributed by atoms with Gasteiger partial charge in [0.2, 0.25) is 0 Å². The Morgan fingerprint density at radius 3 is 2.70 bits per heavy atom. The Balaban J connectivity index is 1.76. The van der Waals surface area contributed by atoms with Crippen LogP contribution >= 0.6 is 0 Å². The van der Waals surface area contributed by atoms with Gasteiger partial charge in [-0.2, -0.15) is 0 Å². The molecule has 0 nitrogen and oxygen atoms in total. The summed E-state index contributed by atoms with van der Waals surface area (Å²) in [6.45, 7) is 3.78. The predicted octanol–water partition coefficient (Wildman–Crippen LogP) is 5.48. The third-order valence-corrected chi connectivity index (χ3v) is 8.02. The number of allylic oxidation sites excluding steroid dienone is 3. The van der Waals surface area contributed by atoms with Gasteiger partial charge < -0.3 is 0 Å². The minimum atomic E-state index is -0.847. The fraction of sp³-hybridized carbons (Fsp3) is 0.400. The fourth-order valence-electron chi connectivity index (χ4n) is 3.10. The quantitative estimate of drug-likeness (QED) is 0.290. The molecule has 0 atom stereocenters. The lowest BCUT2D eigenvalue weighted by Gasteiger charge is -2.25. The van der Waals surface area contributed by atoms with Crippen molar-refractivity contribution in [3.63, 3.8) is 0 Å². The Hall–Kier alpha value is -1.66. The predicted molar refractivity (Wildman–Crippen MR) is 96.1 cm³/mol. The maximum absolute atomic E-state index is 13.1. The zero-order chi connectivity index (χ0) is 16.5. The van der Waals surface area contributed by atoms with Crippen LogP contribution < -0.4 is 0 Å². The Kier molecular flexibility index (Phi) is 7.28. The number of benzene rings is 1. The van der Waals surface area contributed by atoms with Crippen LogP contribution in [0.1, 0.15) is 31.2 Å². The zero-order valence-corrected chi connectivity index (χ0v) is 14.7. The van der Waals surface area contributed by atoms with Crippen LogP contribution in [0.2, 0.25) is 18.1 Å².